The van der Waals surface area contributed by atoms with E-state index in [0.29, 0.717) is 6.04 Å². The molecular formula is C17H24N4. The topological polar surface area (TPSA) is 52.0 Å². The Morgan fingerprint density at radius 3 is 3.00 bits per heavy atom. The van der Waals surface area contributed by atoms with Crippen LogP contribution in [0.3, 0.4) is 0 Å². The van der Waals surface area contributed by atoms with E-state index in [1.165, 1.54) is 36.9 Å². The predicted octanol–water partition coefficient (Wildman–Crippen LogP) is 2.41. The minimum absolute atomic E-state index is 0.528. The predicted molar refractivity (Wildman–Crippen MR) is 84.5 cm³/mol. The molecule has 0 radical (unpaired) electrons. The van der Waals surface area contributed by atoms with Gasteiger partial charge < -0.3 is 10.2 Å². The molecule has 1 atom stereocenters. The highest BCUT2D eigenvalue weighted by molar-refractivity contribution is 5.57. The molecule has 1 saturated heterocycles. The largest absolute Gasteiger partial charge is 0.354 e. The summed E-state index contributed by atoms with van der Waals surface area (Å²) in [5, 5.41) is 13.1. The second-order valence-corrected chi connectivity index (χ2v) is 6.12. The molecule has 1 aromatic heterocycles. The van der Waals surface area contributed by atoms with Crippen LogP contribution in [0.25, 0.3) is 0 Å². The van der Waals surface area contributed by atoms with Crippen LogP contribution in [-0.2, 0) is 12.8 Å². The van der Waals surface area contributed by atoms with Gasteiger partial charge in [-0.2, -0.15) is 5.26 Å². The van der Waals surface area contributed by atoms with Crippen LogP contribution in [-0.4, -0.2) is 30.7 Å². The van der Waals surface area contributed by atoms with E-state index in [4.69, 9.17) is 4.98 Å². The lowest BCUT2D eigenvalue weighted by Gasteiger charge is -2.31. The number of nitrogens with one attached hydrogen (secondary N) is 1. The van der Waals surface area contributed by atoms with E-state index < -0.39 is 0 Å². The van der Waals surface area contributed by atoms with E-state index in [-0.39, 0.29) is 0 Å². The van der Waals surface area contributed by atoms with Crippen molar-refractivity contribution >= 4 is 5.82 Å². The Morgan fingerprint density at radius 1 is 1.38 bits per heavy atom. The molecule has 21 heavy (non-hydrogen) atoms. The second kappa shape index (κ2) is 6.44. The molecule has 1 aromatic rings. The molecular weight excluding hydrogens is 260 g/mol. The molecule has 4 nitrogen and oxygen atoms in total. The summed E-state index contributed by atoms with van der Waals surface area (Å²) in [4.78, 5) is 7.11. The fourth-order valence-corrected chi connectivity index (χ4v) is 3.50. The normalized spacial score (nSPS) is 20.9. The number of hydrogen-bond donors (Lipinski definition) is 1. The molecule has 1 aliphatic carbocycles. The molecule has 1 N–H and O–H groups in total. The van der Waals surface area contributed by atoms with E-state index in [1.54, 1.807) is 0 Å². The molecule has 3 rings (SSSR count). The SMILES string of the molecule is CCN(CC1CCCCN1)c1nc2c(cc1C#N)CCC2. The number of anilines is 1. The van der Waals surface area contributed by atoms with Gasteiger partial charge in [0.05, 0.1) is 5.56 Å². The first kappa shape index (κ1) is 14.3. The van der Waals surface area contributed by atoms with Crippen LogP contribution in [0, 0.1) is 11.3 Å². The summed E-state index contributed by atoms with van der Waals surface area (Å²) < 4.78 is 0. The third kappa shape index (κ3) is 3.03. The number of nitriles is 1. The number of likely N-dealkylation sites (N-methyl/N-ethyl adjacent to an activating group) is 1. The maximum absolute atomic E-state index is 9.47. The van der Waals surface area contributed by atoms with Crippen molar-refractivity contribution in [1.82, 2.24) is 10.3 Å². The molecule has 1 fully saturated rings. The van der Waals surface area contributed by atoms with Gasteiger partial charge in [0.15, 0.2) is 0 Å². The van der Waals surface area contributed by atoms with Crippen molar-refractivity contribution in [3.8, 4) is 6.07 Å². The van der Waals surface area contributed by atoms with E-state index in [0.717, 1.165) is 43.9 Å². The molecule has 1 unspecified atom stereocenters. The summed E-state index contributed by atoms with van der Waals surface area (Å²) in [5.41, 5.74) is 3.23. The minimum atomic E-state index is 0.528. The Balaban J connectivity index is 1.84. The number of pyridine rings is 1. The van der Waals surface area contributed by atoms with Crippen molar-refractivity contribution < 1.29 is 0 Å². The standard InChI is InChI=1S/C17H24N4/c1-2-21(12-15-7-3-4-9-19-15)17-14(11-18)10-13-6-5-8-16(13)20-17/h10,15,19H,2-9,12H2,1H3. The van der Waals surface area contributed by atoms with Crippen LogP contribution in [0.15, 0.2) is 6.07 Å². The van der Waals surface area contributed by atoms with Crippen molar-refractivity contribution in [1.29, 1.82) is 5.26 Å². The van der Waals surface area contributed by atoms with Crippen LogP contribution >= 0.6 is 0 Å². The van der Waals surface area contributed by atoms with Gasteiger partial charge in [-0.3, -0.25) is 0 Å². The van der Waals surface area contributed by atoms with Gasteiger partial charge in [-0.1, -0.05) is 6.42 Å². The van der Waals surface area contributed by atoms with Crippen molar-refractivity contribution in [2.24, 2.45) is 0 Å². The summed E-state index contributed by atoms with van der Waals surface area (Å²) in [5.74, 6) is 0.896. The van der Waals surface area contributed by atoms with Gasteiger partial charge in [-0.15, -0.1) is 0 Å². The molecule has 0 amide bonds. The van der Waals surface area contributed by atoms with E-state index in [2.05, 4.69) is 29.3 Å². The monoisotopic (exact) mass is 284 g/mol. The lowest BCUT2D eigenvalue weighted by Crippen LogP contribution is -2.44. The van der Waals surface area contributed by atoms with Crippen LogP contribution in [0.2, 0.25) is 0 Å². The molecule has 2 aliphatic rings. The molecule has 0 spiro atoms. The lowest BCUT2D eigenvalue weighted by atomic mass is 10.0. The van der Waals surface area contributed by atoms with E-state index >= 15 is 0 Å². The second-order valence-electron chi connectivity index (χ2n) is 6.12. The highest BCUT2D eigenvalue weighted by Gasteiger charge is 2.22. The number of rotatable bonds is 4. The van der Waals surface area contributed by atoms with Gasteiger partial charge in [-0.05, 0) is 57.2 Å². The summed E-state index contributed by atoms with van der Waals surface area (Å²) in [6.45, 7) is 5.12. The highest BCUT2D eigenvalue weighted by Crippen LogP contribution is 2.27. The number of nitrogens with zero attached hydrogens (tertiary/aromatic N) is 3. The van der Waals surface area contributed by atoms with Gasteiger partial charge in [0.25, 0.3) is 0 Å². The average Bonchev–Trinajstić information content (AvgIpc) is 2.99. The molecule has 112 valence electrons. The lowest BCUT2D eigenvalue weighted by molar-refractivity contribution is 0.399. The number of piperidine rings is 1. The van der Waals surface area contributed by atoms with Crippen LogP contribution in [0.1, 0.15) is 49.4 Å². The fraction of sp³-hybridized carbons (Fsp3) is 0.647. The average molecular weight is 284 g/mol. The van der Waals surface area contributed by atoms with Gasteiger partial charge in [0, 0.05) is 24.8 Å². The quantitative estimate of drug-likeness (QED) is 0.922. The van der Waals surface area contributed by atoms with Gasteiger partial charge in [-0.25, -0.2) is 4.98 Å². The first-order valence-electron chi connectivity index (χ1n) is 8.23. The Bertz CT molecular complexity index is 540. The van der Waals surface area contributed by atoms with Crippen molar-refractivity contribution in [3.05, 3.63) is 22.9 Å². The van der Waals surface area contributed by atoms with Gasteiger partial charge in [0.2, 0.25) is 0 Å². The van der Waals surface area contributed by atoms with Crippen LogP contribution in [0.5, 0.6) is 0 Å². The molecule has 4 heteroatoms. The Hall–Kier alpha value is -1.60. The zero-order valence-electron chi connectivity index (χ0n) is 12.9. The van der Waals surface area contributed by atoms with E-state index in [1.807, 2.05) is 0 Å². The van der Waals surface area contributed by atoms with Crippen molar-refractivity contribution in [2.45, 2.75) is 51.5 Å². The third-order valence-electron chi connectivity index (χ3n) is 4.69. The first-order chi connectivity index (χ1) is 10.3. The number of hydrogen-bond acceptors (Lipinski definition) is 4. The van der Waals surface area contributed by atoms with Crippen LogP contribution in [0.4, 0.5) is 5.82 Å². The van der Waals surface area contributed by atoms with Crippen molar-refractivity contribution in [2.75, 3.05) is 24.5 Å². The zero-order chi connectivity index (χ0) is 14.7. The summed E-state index contributed by atoms with van der Waals surface area (Å²) in [6, 6.07) is 4.95. The Morgan fingerprint density at radius 2 is 2.29 bits per heavy atom. The minimum Gasteiger partial charge on any atom is -0.354 e. The Labute approximate surface area is 127 Å². The molecule has 1 aliphatic heterocycles. The maximum atomic E-state index is 9.47. The van der Waals surface area contributed by atoms with Crippen molar-refractivity contribution in [3.63, 3.8) is 0 Å². The maximum Gasteiger partial charge on any atom is 0.146 e. The summed E-state index contributed by atoms with van der Waals surface area (Å²) in [7, 11) is 0. The number of fused-ring (bicyclic) bond motifs is 1. The summed E-state index contributed by atoms with van der Waals surface area (Å²) in [6.07, 6.45) is 7.12. The van der Waals surface area contributed by atoms with Crippen LogP contribution < -0.4 is 10.2 Å². The molecule has 0 saturated carbocycles. The van der Waals surface area contributed by atoms with E-state index in [9.17, 15) is 5.26 Å². The number of aryl methyl sites for hydroxylation is 2. The number of aromatic nitrogens is 1. The molecule has 2 heterocycles. The smallest absolute Gasteiger partial charge is 0.146 e. The first-order valence-corrected chi connectivity index (χ1v) is 8.23. The van der Waals surface area contributed by atoms with Gasteiger partial charge >= 0.3 is 0 Å². The highest BCUT2D eigenvalue weighted by atomic mass is 15.2. The third-order valence-corrected chi connectivity index (χ3v) is 4.69. The Kier molecular flexibility index (Phi) is 4.40. The molecule has 0 aromatic carbocycles. The fourth-order valence-electron chi connectivity index (χ4n) is 3.50. The van der Waals surface area contributed by atoms with Gasteiger partial charge in [0.1, 0.15) is 11.9 Å². The zero-order valence-corrected chi connectivity index (χ0v) is 12.9. The molecule has 0 bridgehead atoms. The summed E-state index contributed by atoms with van der Waals surface area (Å²) >= 11 is 0.